The first-order valence-electron chi connectivity index (χ1n) is 11.6. The third-order valence-electron chi connectivity index (χ3n) is 7.10. The molecule has 5 heteroatoms. The largest absolute Gasteiger partial charge is 0.383 e. The van der Waals surface area contributed by atoms with E-state index in [4.69, 9.17) is 14.8 Å². The molecule has 1 unspecified atom stereocenters. The highest BCUT2D eigenvalue weighted by molar-refractivity contribution is 5.85. The summed E-state index contributed by atoms with van der Waals surface area (Å²) in [5.74, 6) is 2.05. The van der Waals surface area contributed by atoms with Crippen molar-refractivity contribution in [1.82, 2.24) is 14.6 Å². The summed E-state index contributed by atoms with van der Waals surface area (Å²) in [6.45, 7) is 12.7. The topological polar surface area (TPSA) is 42.7 Å². The number of ether oxygens (including phenoxy) is 1. The van der Waals surface area contributed by atoms with Gasteiger partial charge in [-0.15, -0.1) is 0 Å². The SMILES string of the molecule is COCC1CCc2c(C)nc3c(-c4c(C)cc(C)cc4C)c(C)nn3c2N1CC1CC1. The van der Waals surface area contributed by atoms with Crippen molar-refractivity contribution >= 4 is 11.5 Å². The second-order valence-electron chi connectivity index (χ2n) is 9.71. The molecule has 0 spiro atoms. The molecule has 0 bridgehead atoms. The lowest BCUT2D eigenvalue weighted by Gasteiger charge is -2.39. The maximum Gasteiger partial charge on any atom is 0.165 e. The van der Waals surface area contributed by atoms with Crippen molar-refractivity contribution in [3.63, 3.8) is 0 Å². The molecule has 1 fully saturated rings. The number of nitrogens with zero attached hydrogens (tertiary/aromatic N) is 4. The maximum absolute atomic E-state index is 5.62. The van der Waals surface area contributed by atoms with E-state index in [1.54, 1.807) is 0 Å². The summed E-state index contributed by atoms with van der Waals surface area (Å²) in [7, 11) is 1.82. The van der Waals surface area contributed by atoms with Crippen molar-refractivity contribution in [2.75, 3.05) is 25.2 Å². The molecule has 2 aliphatic rings. The summed E-state index contributed by atoms with van der Waals surface area (Å²) >= 11 is 0. The predicted octanol–water partition coefficient (Wildman–Crippen LogP) is 5.12. The van der Waals surface area contributed by atoms with Crippen LogP contribution in [0.4, 0.5) is 5.82 Å². The monoisotopic (exact) mass is 418 g/mol. The van der Waals surface area contributed by atoms with Crippen molar-refractivity contribution in [2.45, 2.75) is 66.3 Å². The van der Waals surface area contributed by atoms with Crippen molar-refractivity contribution in [2.24, 2.45) is 5.92 Å². The minimum absolute atomic E-state index is 0.402. The summed E-state index contributed by atoms with van der Waals surface area (Å²) < 4.78 is 7.77. The molecule has 1 atom stereocenters. The molecule has 31 heavy (non-hydrogen) atoms. The Hall–Kier alpha value is -2.40. The lowest BCUT2D eigenvalue weighted by molar-refractivity contribution is 0.170. The Kier molecular flexibility index (Phi) is 5.04. The molecule has 1 aliphatic heterocycles. The second kappa shape index (κ2) is 7.63. The van der Waals surface area contributed by atoms with Gasteiger partial charge in [-0.3, -0.25) is 0 Å². The summed E-state index contributed by atoms with van der Waals surface area (Å²) in [5.41, 5.74) is 10.9. The number of benzene rings is 1. The Morgan fingerprint density at radius 3 is 2.32 bits per heavy atom. The maximum atomic E-state index is 5.62. The Bertz CT molecular complexity index is 1140. The second-order valence-corrected chi connectivity index (χ2v) is 9.71. The first-order valence-corrected chi connectivity index (χ1v) is 11.6. The summed E-state index contributed by atoms with van der Waals surface area (Å²) in [6.07, 6.45) is 4.83. The van der Waals surface area contributed by atoms with Crippen molar-refractivity contribution in [3.8, 4) is 11.1 Å². The van der Waals surface area contributed by atoms with Crippen LogP contribution in [0.25, 0.3) is 16.8 Å². The van der Waals surface area contributed by atoms with Crippen molar-refractivity contribution in [3.05, 3.63) is 45.8 Å². The fourth-order valence-corrected chi connectivity index (χ4v) is 5.56. The molecule has 0 amide bonds. The first kappa shape index (κ1) is 20.5. The summed E-state index contributed by atoms with van der Waals surface area (Å²) in [4.78, 5) is 7.72. The van der Waals surface area contributed by atoms with Crippen LogP contribution in [0, 0.1) is 40.5 Å². The first-order chi connectivity index (χ1) is 14.9. The van der Waals surface area contributed by atoms with Gasteiger partial charge in [-0.2, -0.15) is 9.61 Å². The van der Waals surface area contributed by atoms with Crippen LogP contribution in [-0.4, -0.2) is 40.9 Å². The van der Waals surface area contributed by atoms with Gasteiger partial charge in [0.25, 0.3) is 0 Å². The van der Waals surface area contributed by atoms with Gasteiger partial charge in [0.2, 0.25) is 0 Å². The molecule has 164 valence electrons. The fraction of sp³-hybridized carbons (Fsp3) is 0.538. The highest BCUT2D eigenvalue weighted by Crippen LogP contribution is 2.41. The number of rotatable bonds is 5. The van der Waals surface area contributed by atoms with Crippen LogP contribution >= 0.6 is 0 Å². The molecule has 3 aromatic rings. The number of methoxy groups -OCH3 is 1. The Morgan fingerprint density at radius 2 is 1.68 bits per heavy atom. The lowest BCUT2D eigenvalue weighted by Crippen LogP contribution is -2.45. The van der Waals surface area contributed by atoms with Gasteiger partial charge in [-0.05, 0) is 82.9 Å². The average molecular weight is 419 g/mol. The molecule has 2 aromatic heterocycles. The van der Waals surface area contributed by atoms with E-state index in [9.17, 15) is 0 Å². The zero-order chi connectivity index (χ0) is 21.9. The van der Waals surface area contributed by atoms with Crippen LogP contribution in [0.2, 0.25) is 0 Å². The van der Waals surface area contributed by atoms with E-state index in [0.717, 1.165) is 48.9 Å². The zero-order valence-electron chi connectivity index (χ0n) is 19.7. The molecule has 0 saturated heterocycles. The van der Waals surface area contributed by atoms with Crippen LogP contribution in [0.1, 0.15) is 52.9 Å². The van der Waals surface area contributed by atoms with Crippen molar-refractivity contribution in [1.29, 1.82) is 0 Å². The smallest absolute Gasteiger partial charge is 0.165 e. The Balaban J connectivity index is 1.76. The number of aromatic nitrogens is 3. The van der Waals surface area contributed by atoms with E-state index in [0.29, 0.717) is 6.04 Å². The van der Waals surface area contributed by atoms with Crippen LogP contribution in [0.3, 0.4) is 0 Å². The van der Waals surface area contributed by atoms with Gasteiger partial charge in [0.05, 0.1) is 23.9 Å². The van der Waals surface area contributed by atoms with E-state index in [1.165, 1.54) is 52.0 Å². The number of hydrogen-bond acceptors (Lipinski definition) is 4. The standard InChI is InChI=1S/C26H34N4O/c1-15-11-16(2)23(17(3)12-15)24-19(5)28-30-25(24)27-18(4)22-10-9-21(14-31-6)29(26(22)30)13-20-7-8-20/h11-12,20-21H,7-10,13-14H2,1-6H3. The summed E-state index contributed by atoms with van der Waals surface area (Å²) in [6, 6.07) is 4.94. The van der Waals surface area contributed by atoms with Gasteiger partial charge in [-0.25, -0.2) is 4.98 Å². The fourth-order valence-electron chi connectivity index (χ4n) is 5.56. The van der Waals surface area contributed by atoms with Gasteiger partial charge >= 0.3 is 0 Å². The predicted molar refractivity (Wildman–Crippen MR) is 126 cm³/mol. The molecule has 5 nitrogen and oxygen atoms in total. The Morgan fingerprint density at radius 1 is 0.968 bits per heavy atom. The molecule has 0 N–H and O–H groups in total. The molecule has 5 rings (SSSR count). The molecule has 1 saturated carbocycles. The molecule has 3 heterocycles. The van der Waals surface area contributed by atoms with Crippen LogP contribution in [0.15, 0.2) is 12.1 Å². The van der Waals surface area contributed by atoms with Crippen LogP contribution in [0.5, 0.6) is 0 Å². The normalized spacial score (nSPS) is 18.6. The lowest BCUT2D eigenvalue weighted by atomic mass is 9.93. The van der Waals surface area contributed by atoms with Crippen molar-refractivity contribution < 1.29 is 4.74 Å². The minimum Gasteiger partial charge on any atom is -0.383 e. The molecule has 1 aromatic carbocycles. The third-order valence-corrected chi connectivity index (χ3v) is 7.10. The third kappa shape index (κ3) is 3.43. The average Bonchev–Trinajstić information content (AvgIpc) is 3.46. The Labute approximate surface area is 185 Å². The van der Waals surface area contributed by atoms with E-state index < -0.39 is 0 Å². The number of anilines is 1. The van der Waals surface area contributed by atoms with E-state index in [1.807, 2.05) is 7.11 Å². The minimum atomic E-state index is 0.402. The number of hydrogen-bond donors (Lipinski definition) is 0. The number of fused-ring (bicyclic) bond motifs is 3. The van der Waals surface area contributed by atoms with E-state index >= 15 is 0 Å². The highest BCUT2D eigenvalue weighted by Gasteiger charge is 2.35. The summed E-state index contributed by atoms with van der Waals surface area (Å²) in [5, 5.41) is 5.09. The zero-order valence-corrected chi connectivity index (χ0v) is 19.7. The highest BCUT2D eigenvalue weighted by atomic mass is 16.5. The molecular weight excluding hydrogens is 384 g/mol. The van der Waals surface area contributed by atoms with Gasteiger partial charge in [-0.1, -0.05) is 17.7 Å². The van der Waals surface area contributed by atoms with Gasteiger partial charge < -0.3 is 9.64 Å². The molecule has 1 aliphatic carbocycles. The van der Waals surface area contributed by atoms with E-state index in [-0.39, 0.29) is 0 Å². The van der Waals surface area contributed by atoms with Crippen LogP contribution in [-0.2, 0) is 11.2 Å². The van der Waals surface area contributed by atoms with Crippen LogP contribution < -0.4 is 4.90 Å². The van der Waals surface area contributed by atoms with Gasteiger partial charge in [0.15, 0.2) is 5.65 Å². The van der Waals surface area contributed by atoms with E-state index in [2.05, 4.69) is 56.2 Å². The van der Waals surface area contributed by atoms with Gasteiger partial charge in [0.1, 0.15) is 5.82 Å². The number of aryl methyl sites for hydroxylation is 5. The molecule has 0 radical (unpaired) electrons. The quantitative estimate of drug-likeness (QED) is 0.577. The van der Waals surface area contributed by atoms with Gasteiger partial charge in [0, 0.05) is 24.9 Å². The molecular formula is C26H34N4O.